The van der Waals surface area contributed by atoms with Gasteiger partial charge in [0.2, 0.25) is 10.0 Å². The molecule has 1 heterocycles. The van der Waals surface area contributed by atoms with Crippen molar-refractivity contribution in [1.82, 2.24) is 4.31 Å². The van der Waals surface area contributed by atoms with Gasteiger partial charge in [-0.1, -0.05) is 30.2 Å². The first kappa shape index (κ1) is 20.8. The van der Waals surface area contributed by atoms with Crippen LogP contribution in [0.1, 0.15) is 35.2 Å². The van der Waals surface area contributed by atoms with Gasteiger partial charge in [0.05, 0.1) is 22.1 Å². The van der Waals surface area contributed by atoms with Gasteiger partial charge in [-0.15, -0.1) is 0 Å². The SMILES string of the molecule is COCc1cccc(NC(=O)c2cc(S(=O)(=O)N3CCCCC3)ccc2Cl)c1. The van der Waals surface area contributed by atoms with E-state index in [0.29, 0.717) is 25.4 Å². The maximum absolute atomic E-state index is 12.9. The fourth-order valence-corrected chi connectivity index (χ4v) is 4.94. The molecule has 150 valence electrons. The molecule has 0 unspecified atom stereocenters. The number of hydrogen-bond acceptors (Lipinski definition) is 4. The normalized spacial score (nSPS) is 15.4. The zero-order valence-corrected chi connectivity index (χ0v) is 17.2. The molecule has 0 spiro atoms. The van der Waals surface area contributed by atoms with Crippen molar-refractivity contribution in [3.05, 3.63) is 58.6 Å². The monoisotopic (exact) mass is 422 g/mol. The van der Waals surface area contributed by atoms with Crippen molar-refractivity contribution < 1.29 is 17.9 Å². The number of nitrogens with one attached hydrogen (secondary N) is 1. The Hall–Kier alpha value is -1.93. The third-order valence-electron chi connectivity index (χ3n) is 4.63. The third kappa shape index (κ3) is 4.72. The van der Waals surface area contributed by atoms with Gasteiger partial charge in [-0.3, -0.25) is 4.79 Å². The lowest BCUT2D eigenvalue weighted by Gasteiger charge is -2.26. The van der Waals surface area contributed by atoms with Crippen molar-refractivity contribution in [3.63, 3.8) is 0 Å². The molecule has 0 atom stereocenters. The molecule has 1 amide bonds. The van der Waals surface area contributed by atoms with Crippen LogP contribution in [0.25, 0.3) is 0 Å². The Morgan fingerprint density at radius 3 is 2.61 bits per heavy atom. The molecule has 1 fully saturated rings. The van der Waals surface area contributed by atoms with E-state index in [4.69, 9.17) is 16.3 Å². The number of piperidine rings is 1. The van der Waals surface area contributed by atoms with Crippen molar-refractivity contribution in [2.75, 3.05) is 25.5 Å². The summed E-state index contributed by atoms with van der Waals surface area (Å²) in [7, 11) is -2.05. The largest absolute Gasteiger partial charge is 0.380 e. The Kier molecular flexibility index (Phi) is 6.72. The Morgan fingerprint density at radius 2 is 1.89 bits per heavy atom. The summed E-state index contributed by atoms with van der Waals surface area (Å²) in [6.07, 6.45) is 2.72. The number of amides is 1. The van der Waals surface area contributed by atoms with Gasteiger partial charge in [-0.05, 0) is 48.7 Å². The second kappa shape index (κ2) is 9.05. The Bertz CT molecular complexity index is 956. The van der Waals surface area contributed by atoms with E-state index < -0.39 is 15.9 Å². The first-order valence-electron chi connectivity index (χ1n) is 9.11. The number of methoxy groups -OCH3 is 1. The number of nitrogens with zero attached hydrogens (tertiary/aromatic N) is 1. The second-order valence-corrected chi connectivity index (χ2v) is 9.04. The minimum Gasteiger partial charge on any atom is -0.380 e. The highest BCUT2D eigenvalue weighted by molar-refractivity contribution is 7.89. The van der Waals surface area contributed by atoms with E-state index in [1.165, 1.54) is 22.5 Å². The molecule has 1 saturated heterocycles. The van der Waals surface area contributed by atoms with Gasteiger partial charge in [0.25, 0.3) is 5.91 Å². The Morgan fingerprint density at radius 1 is 1.14 bits per heavy atom. The second-order valence-electron chi connectivity index (χ2n) is 6.69. The van der Waals surface area contributed by atoms with Gasteiger partial charge < -0.3 is 10.1 Å². The summed E-state index contributed by atoms with van der Waals surface area (Å²) in [6.45, 7) is 1.42. The average Bonchev–Trinajstić information content (AvgIpc) is 2.69. The molecule has 6 nitrogen and oxygen atoms in total. The van der Waals surface area contributed by atoms with E-state index in [9.17, 15) is 13.2 Å². The van der Waals surface area contributed by atoms with E-state index in [0.717, 1.165) is 24.8 Å². The van der Waals surface area contributed by atoms with Gasteiger partial charge in [-0.2, -0.15) is 4.31 Å². The third-order valence-corrected chi connectivity index (χ3v) is 6.86. The van der Waals surface area contributed by atoms with Crippen molar-refractivity contribution in [3.8, 4) is 0 Å². The lowest BCUT2D eigenvalue weighted by molar-refractivity contribution is 0.102. The van der Waals surface area contributed by atoms with E-state index in [-0.39, 0.29) is 15.5 Å². The molecule has 0 bridgehead atoms. The number of sulfonamides is 1. The van der Waals surface area contributed by atoms with Crippen LogP contribution >= 0.6 is 11.6 Å². The van der Waals surface area contributed by atoms with Gasteiger partial charge in [0, 0.05) is 25.9 Å². The highest BCUT2D eigenvalue weighted by Crippen LogP contribution is 2.26. The quantitative estimate of drug-likeness (QED) is 0.765. The topological polar surface area (TPSA) is 75.7 Å². The summed E-state index contributed by atoms with van der Waals surface area (Å²) in [5.41, 5.74) is 1.62. The number of carbonyl (C=O) groups is 1. The van der Waals surface area contributed by atoms with Crippen LogP contribution in [0.5, 0.6) is 0 Å². The summed E-state index contributed by atoms with van der Waals surface area (Å²) in [4.78, 5) is 12.8. The molecule has 2 aromatic carbocycles. The Balaban J connectivity index is 1.84. The predicted octanol–water partition coefficient (Wildman–Crippen LogP) is 3.91. The summed E-state index contributed by atoms with van der Waals surface area (Å²) >= 11 is 6.18. The van der Waals surface area contributed by atoms with Gasteiger partial charge in [-0.25, -0.2) is 8.42 Å². The van der Waals surface area contributed by atoms with Gasteiger partial charge in [0.1, 0.15) is 0 Å². The van der Waals surface area contributed by atoms with Crippen LogP contribution in [0.3, 0.4) is 0 Å². The van der Waals surface area contributed by atoms with Crippen LogP contribution in [0, 0.1) is 0 Å². The van der Waals surface area contributed by atoms with E-state index in [1.54, 1.807) is 19.2 Å². The van der Waals surface area contributed by atoms with Crippen LogP contribution in [0.2, 0.25) is 5.02 Å². The molecule has 28 heavy (non-hydrogen) atoms. The minimum absolute atomic E-state index is 0.0806. The molecule has 1 aliphatic rings. The van der Waals surface area contributed by atoms with Crippen molar-refractivity contribution in [1.29, 1.82) is 0 Å². The van der Waals surface area contributed by atoms with E-state index in [2.05, 4.69) is 5.32 Å². The summed E-state index contributed by atoms with van der Waals surface area (Å²) in [5.74, 6) is -0.463. The van der Waals surface area contributed by atoms with Crippen molar-refractivity contribution in [2.45, 2.75) is 30.8 Å². The molecule has 0 aliphatic carbocycles. The number of halogens is 1. The maximum Gasteiger partial charge on any atom is 0.257 e. The van der Waals surface area contributed by atoms with Crippen LogP contribution in [-0.2, 0) is 21.4 Å². The molecule has 0 saturated carbocycles. The first-order chi connectivity index (χ1) is 13.4. The lowest BCUT2D eigenvalue weighted by atomic mass is 10.2. The fourth-order valence-electron chi connectivity index (χ4n) is 3.20. The van der Waals surface area contributed by atoms with E-state index >= 15 is 0 Å². The number of benzene rings is 2. The van der Waals surface area contributed by atoms with Gasteiger partial charge in [0.15, 0.2) is 0 Å². The average molecular weight is 423 g/mol. The van der Waals surface area contributed by atoms with Crippen LogP contribution < -0.4 is 5.32 Å². The number of anilines is 1. The zero-order valence-electron chi connectivity index (χ0n) is 15.7. The highest BCUT2D eigenvalue weighted by Gasteiger charge is 2.27. The molecule has 1 aliphatic heterocycles. The molecule has 0 aromatic heterocycles. The van der Waals surface area contributed by atoms with Crippen molar-refractivity contribution >= 4 is 33.2 Å². The molecule has 1 N–H and O–H groups in total. The number of rotatable bonds is 6. The summed E-state index contributed by atoms with van der Waals surface area (Å²) in [5, 5.41) is 2.97. The summed E-state index contributed by atoms with van der Waals surface area (Å²) < 4.78 is 32.3. The lowest BCUT2D eigenvalue weighted by Crippen LogP contribution is -2.35. The Labute approximate surface area is 170 Å². The fraction of sp³-hybridized carbons (Fsp3) is 0.350. The highest BCUT2D eigenvalue weighted by atomic mass is 35.5. The molecular weight excluding hydrogens is 400 g/mol. The van der Waals surface area contributed by atoms with Crippen LogP contribution in [-0.4, -0.2) is 38.8 Å². The molecule has 0 radical (unpaired) electrons. The first-order valence-corrected chi connectivity index (χ1v) is 10.9. The van der Waals surface area contributed by atoms with Crippen LogP contribution in [0.15, 0.2) is 47.4 Å². The predicted molar refractivity (Wildman–Crippen MR) is 109 cm³/mol. The van der Waals surface area contributed by atoms with Crippen molar-refractivity contribution in [2.24, 2.45) is 0 Å². The summed E-state index contributed by atoms with van der Waals surface area (Å²) in [6, 6.07) is 11.5. The zero-order chi connectivity index (χ0) is 20.1. The van der Waals surface area contributed by atoms with E-state index in [1.807, 2.05) is 12.1 Å². The molecule has 2 aromatic rings. The standard InChI is InChI=1S/C20H23ClN2O4S/c1-27-14-15-6-5-7-16(12-15)22-20(24)18-13-17(8-9-19(18)21)28(25,26)23-10-3-2-4-11-23/h5-9,12-13H,2-4,10-11,14H2,1H3,(H,22,24). The number of ether oxygens (including phenoxy) is 1. The van der Waals surface area contributed by atoms with Gasteiger partial charge >= 0.3 is 0 Å². The number of carbonyl (C=O) groups excluding carboxylic acids is 1. The van der Waals surface area contributed by atoms with Crippen LogP contribution in [0.4, 0.5) is 5.69 Å². The number of hydrogen-bond donors (Lipinski definition) is 1. The minimum atomic E-state index is -3.64. The smallest absolute Gasteiger partial charge is 0.257 e. The maximum atomic E-state index is 12.9. The molecule has 3 rings (SSSR count). The molecule has 8 heteroatoms. The molecular formula is C20H23ClN2O4S.